The summed E-state index contributed by atoms with van der Waals surface area (Å²) in [5, 5.41) is 2.91. The fourth-order valence-electron chi connectivity index (χ4n) is 3.75. The van der Waals surface area contributed by atoms with Gasteiger partial charge in [-0.15, -0.1) is 0 Å². The number of amides is 1. The van der Waals surface area contributed by atoms with Crippen LogP contribution in [0, 0.1) is 13.8 Å². The molecule has 152 valence electrons. The number of hydrogen-bond donors (Lipinski definition) is 0. The first-order chi connectivity index (χ1) is 15.1. The monoisotopic (exact) mass is 422 g/mol. The van der Waals surface area contributed by atoms with Crippen LogP contribution in [0.4, 0.5) is 5.13 Å². The molecule has 0 aliphatic heterocycles. The summed E-state index contributed by atoms with van der Waals surface area (Å²) in [6, 6.07) is 28.3. The van der Waals surface area contributed by atoms with Crippen LogP contribution in [0.2, 0.25) is 0 Å². The summed E-state index contributed by atoms with van der Waals surface area (Å²) in [5.74, 6) is -0.0397. The molecule has 0 aliphatic carbocycles. The highest BCUT2D eigenvalue weighted by molar-refractivity contribution is 7.22. The fourth-order valence-corrected chi connectivity index (χ4v) is 4.80. The molecule has 3 nitrogen and oxygen atoms in total. The Morgan fingerprint density at radius 1 is 0.839 bits per heavy atom. The van der Waals surface area contributed by atoms with E-state index < -0.39 is 0 Å². The molecule has 1 amide bonds. The number of thiazole rings is 1. The Hall–Kier alpha value is -3.50. The van der Waals surface area contributed by atoms with Gasteiger partial charge in [0, 0.05) is 5.56 Å². The summed E-state index contributed by atoms with van der Waals surface area (Å²) in [7, 11) is 0. The molecule has 0 aliphatic rings. The van der Waals surface area contributed by atoms with Crippen LogP contribution < -0.4 is 4.90 Å². The minimum absolute atomic E-state index is 0.0397. The van der Waals surface area contributed by atoms with Crippen molar-refractivity contribution in [1.29, 1.82) is 0 Å². The number of nitrogens with zero attached hydrogens (tertiary/aromatic N) is 2. The van der Waals surface area contributed by atoms with Crippen molar-refractivity contribution in [1.82, 2.24) is 4.98 Å². The zero-order valence-electron chi connectivity index (χ0n) is 17.5. The molecule has 0 spiro atoms. The summed E-state index contributed by atoms with van der Waals surface area (Å²) >= 11 is 1.57. The summed E-state index contributed by atoms with van der Waals surface area (Å²) < 4.78 is 1.10. The number of hydrogen-bond acceptors (Lipinski definition) is 3. The van der Waals surface area contributed by atoms with E-state index in [1.807, 2.05) is 66.7 Å². The lowest BCUT2D eigenvalue weighted by Crippen LogP contribution is -2.30. The summed E-state index contributed by atoms with van der Waals surface area (Å²) in [6.45, 7) is 4.68. The maximum absolute atomic E-state index is 13.7. The zero-order valence-corrected chi connectivity index (χ0v) is 18.3. The molecule has 0 unspecified atom stereocenters. The Morgan fingerprint density at radius 2 is 1.55 bits per heavy atom. The summed E-state index contributed by atoms with van der Waals surface area (Å²) in [6.07, 6.45) is 0. The van der Waals surface area contributed by atoms with Crippen molar-refractivity contribution < 1.29 is 4.79 Å². The van der Waals surface area contributed by atoms with Gasteiger partial charge in [0.2, 0.25) is 0 Å². The number of carbonyl (C=O) groups excluding carboxylic acids is 1. The lowest BCUT2D eigenvalue weighted by atomic mass is 10.1. The second kappa shape index (κ2) is 7.97. The first-order valence-electron chi connectivity index (χ1n) is 10.3. The molecule has 0 atom stereocenters. The molecule has 4 aromatic carbocycles. The highest BCUT2D eigenvalue weighted by Gasteiger charge is 2.22. The first-order valence-corrected chi connectivity index (χ1v) is 11.1. The van der Waals surface area contributed by atoms with Crippen molar-refractivity contribution >= 4 is 43.4 Å². The minimum atomic E-state index is -0.0397. The van der Waals surface area contributed by atoms with E-state index in [1.54, 1.807) is 16.2 Å². The lowest BCUT2D eigenvalue weighted by Gasteiger charge is -2.20. The highest BCUT2D eigenvalue weighted by Crippen LogP contribution is 2.32. The SMILES string of the molecule is Cc1cc2nc(N(Cc3ccccc3)C(=O)c3ccc4ccccc4c3)sc2cc1C. The molecule has 5 aromatic rings. The summed E-state index contributed by atoms with van der Waals surface area (Å²) in [5.41, 5.74) is 5.12. The van der Waals surface area contributed by atoms with E-state index in [-0.39, 0.29) is 5.91 Å². The van der Waals surface area contributed by atoms with Crippen LogP contribution in [0.3, 0.4) is 0 Å². The number of rotatable bonds is 4. The van der Waals surface area contributed by atoms with E-state index in [2.05, 4.69) is 32.0 Å². The Bertz CT molecular complexity index is 1370. The van der Waals surface area contributed by atoms with Crippen LogP contribution in [0.25, 0.3) is 21.0 Å². The highest BCUT2D eigenvalue weighted by atomic mass is 32.1. The van der Waals surface area contributed by atoms with Crippen LogP contribution in [-0.4, -0.2) is 10.9 Å². The molecule has 0 saturated heterocycles. The second-order valence-electron chi connectivity index (χ2n) is 7.84. The Kier molecular flexibility index (Phi) is 5.00. The fraction of sp³-hybridized carbons (Fsp3) is 0.111. The van der Waals surface area contributed by atoms with Crippen LogP contribution in [0.5, 0.6) is 0 Å². The smallest absolute Gasteiger partial charge is 0.260 e. The molecular formula is C27H22N2OS. The number of anilines is 1. The molecule has 0 saturated carbocycles. The van der Waals surface area contributed by atoms with Gasteiger partial charge in [0.25, 0.3) is 5.91 Å². The zero-order chi connectivity index (χ0) is 21.4. The predicted molar refractivity (Wildman–Crippen MR) is 130 cm³/mol. The standard InChI is InChI=1S/C27H22N2OS/c1-18-14-24-25(15-19(18)2)31-27(28-24)29(17-20-8-4-3-5-9-20)26(30)23-13-12-21-10-6-7-11-22(21)16-23/h3-16H,17H2,1-2H3. The van der Waals surface area contributed by atoms with Gasteiger partial charge in [-0.3, -0.25) is 9.69 Å². The minimum Gasteiger partial charge on any atom is -0.279 e. The van der Waals surface area contributed by atoms with E-state index >= 15 is 0 Å². The van der Waals surface area contributed by atoms with Crippen molar-refractivity contribution in [3.63, 3.8) is 0 Å². The van der Waals surface area contributed by atoms with Gasteiger partial charge in [-0.05, 0) is 65.6 Å². The van der Waals surface area contributed by atoms with Crippen molar-refractivity contribution in [2.45, 2.75) is 20.4 Å². The van der Waals surface area contributed by atoms with Crippen molar-refractivity contribution in [3.8, 4) is 0 Å². The summed E-state index contributed by atoms with van der Waals surface area (Å²) in [4.78, 5) is 20.3. The first kappa shape index (κ1) is 19.5. The molecule has 1 aromatic heterocycles. The normalized spacial score (nSPS) is 11.2. The van der Waals surface area contributed by atoms with Gasteiger partial charge >= 0.3 is 0 Å². The predicted octanol–water partition coefficient (Wildman–Crippen LogP) is 6.91. The van der Waals surface area contributed by atoms with Crippen molar-refractivity contribution in [3.05, 3.63) is 107 Å². The molecule has 0 N–H and O–H groups in total. The third kappa shape index (κ3) is 3.82. The maximum atomic E-state index is 13.7. The van der Waals surface area contributed by atoms with Gasteiger partial charge in [-0.25, -0.2) is 4.98 Å². The molecule has 5 rings (SSSR count). The van der Waals surface area contributed by atoms with Crippen LogP contribution in [0.1, 0.15) is 27.0 Å². The molecular weight excluding hydrogens is 400 g/mol. The van der Waals surface area contributed by atoms with E-state index in [4.69, 9.17) is 4.98 Å². The Labute approximate surface area is 185 Å². The second-order valence-corrected chi connectivity index (χ2v) is 8.85. The van der Waals surface area contributed by atoms with E-state index in [0.717, 1.165) is 31.7 Å². The molecule has 0 fully saturated rings. The molecule has 0 radical (unpaired) electrons. The van der Waals surface area contributed by atoms with Gasteiger partial charge in [0.05, 0.1) is 16.8 Å². The number of aryl methyl sites for hydroxylation is 2. The third-order valence-corrected chi connectivity index (χ3v) is 6.69. The lowest BCUT2D eigenvalue weighted by molar-refractivity contribution is 0.0985. The average molecular weight is 423 g/mol. The quantitative estimate of drug-likeness (QED) is 0.315. The maximum Gasteiger partial charge on any atom is 0.260 e. The van der Waals surface area contributed by atoms with Crippen LogP contribution in [-0.2, 0) is 6.54 Å². The van der Waals surface area contributed by atoms with Gasteiger partial charge in [-0.1, -0.05) is 72.0 Å². The molecule has 4 heteroatoms. The van der Waals surface area contributed by atoms with E-state index in [0.29, 0.717) is 12.1 Å². The molecule has 1 heterocycles. The van der Waals surface area contributed by atoms with Gasteiger partial charge in [0.1, 0.15) is 0 Å². The number of fused-ring (bicyclic) bond motifs is 2. The number of aromatic nitrogens is 1. The number of benzene rings is 4. The van der Waals surface area contributed by atoms with Crippen LogP contribution in [0.15, 0.2) is 84.9 Å². The third-order valence-electron chi connectivity index (χ3n) is 5.65. The Balaban J connectivity index is 1.60. The average Bonchev–Trinajstić information content (AvgIpc) is 3.20. The van der Waals surface area contributed by atoms with Gasteiger partial charge in [0.15, 0.2) is 5.13 Å². The van der Waals surface area contributed by atoms with Crippen molar-refractivity contribution in [2.24, 2.45) is 0 Å². The number of carbonyl (C=O) groups is 1. The van der Waals surface area contributed by atoms with E-state index in [9.17, 15) is 4.79 Å². The van der Waals surface area contributed by atoms with Crippen LogP contribution >= 0.6 is 11.3 Å². The Morgan fingerprint density at radius 3 is 2.35 bits per heavy atom. The largest absolute Gasteiger partial charge is 0.279 e. The van der Waals surface area contributed by atoms with E-state index in [1.165, 1.54) is 11.1 Å². The molecule has 31 heavy (non-hydrogen) atoms. The van der Waals surface area contributed by atoms with Gasteiger partial charge in [-0.2, -0.15) is 0 Å². The molecule has 0 bridgehead atoms. The topological polar surface area (TPSA) is 33.2 Å². The van der Waals surface area contributed by atoms with Crippen molar-refractivity contribution in [2.75, 3.05) is 4.90 Å². The van der Waals surface area contributed by atoms with Gasteiger partial charge < -0.3 is 0 Å².